The van der Waals surface area contributed by atoms with E-state index >= 15 is 0 Å². The zero-order chi connectivity index (χ0) is 18.5. The van der Waals surface area contributed by atoms with Gasteiger partial charge in [-0.2, -0.15) is 0 Å². The van der Waals surface area contributed by atoms with E-state index < -0.39 is 0 Å². The molecule has 3 rings (SSSR count). The van der Waals surface area contributed by atoms with Gasteiger partial charge in [-0.15, -0.1) is 0 Å². The van der Waals surface area contributed by atoms with E-state index in [2.05, 4.69) is 41.0 Å². The standard InChI is InChI=1S/C21H28N4O/c1-4-18-7-5-6-12-25(18)20-14-22-19(13-23-20)21(26)24-17-10-8-16(9-11-17)15(2)3/h8-11,13-15,18H,4-7,12H2,1-3H3,(H,24,26). The van der Waals surface area contributed by atoms with Crippen molar-refractivity contribution >= 4 is 17.4 Å². The summed E-state index contributed by atoms with van der Waals surface area (Å²) in [5.74, 6) is 1.11. The fourth-order valence-electron chi connectivity index (χ4n) is 3.46. The van der Waals surface area contributed by atoms with Crippen molar-refractivity contribution in [1.82, 2.24) is 9.97 Å². The highest BCUT2D eigenvalue weighted by Crippen LogP contribution is 2.24. The molecular weight excluding hydrogens is 324 g/mol. The van der Waals surface area contributed by atoms with Crippen molar-refractivity contribution in [2.75, 3.05) is 16.8 Å². The van der Waals surface area contributed by atoms with Crippen LogP contribution in [0.25, 0.3) is 0 Å². The van der Waals surface area contributed by atoms with Crippen molar-refractivity contribution < 1.29 is 4.79 Å². The van der Waals surface area contributed by atoms with Gasteiger partial charge in [0.1, 0.15) is 11.5 Å². The molecule has 138 valence electrons. The maximum Gasteiger partial charge on any atom is 0.275 e. The summed E-state index contributed by atoms with van der Waals surface area (Å²) in [6.45, 7) is 7.52. The number of aromatic nitrogens is 2. The third-order valence-corrected chi connectivity index (χ3v) is 5.10. The number of hydrogen-bond acceptors (Lipinski definition) is 4. The molecule has 5 heteroatoms. The first kappa shape index (κ1) is 18.4. The summed E-state index contributed by atoms with van der Waals surface area (Å²) < 4.78 is 0. The summed E-state index contributed by atoms with van der Waals surface area (Å²) in [4.78, 5) is 23.6. The Labute approximate surface area is 155 Å². The first-order chi connectivity index (χ1) is 12.6. The highest BCUT2D eigenvalue weighted by atomic mass is 16.1. The first-order valence-electron chi connectivity index (χ1n) is 9.58. The van der Waals surface area contributed by atoms with E-state index in [0.717, 1.165) is 24.5 Å². The zero-order valence-corrected chi connectivity index (χ0v) is 15.9. The van der Waals surface area contributed by atoms with Gasteiger partial charge in [-0.05, 0) is 49.3 Å². The maximum absolute atomic E-state index is 12.4. The van der Waals surface area contributed by atoms with Crippen molar-refractivity contribution in [3.8, 4) is 0 Å². The molecule has 1 aromatic heterocycles. The lowest BCUT2D eigenvalue weighted by atomic mass is 10.0. The van der Waals surface area contributed by atoms with Gasteiger partial charge >= 0.3 is 0 Å². The van der Waals surface area contributed by atoms with Crippen LogP contribution in [0.2, 0.25) is 0 Å². The lowest BCUT2D eigenvalue weighted by Gasteiger charge is -2.35. The average Bonchev–Trinajstić information content (AvgIpc) is 2.68. The molecule has 0 aliphatic carbocycles. The molecule has 1 N–H and O–H groups in total. The predicted molar refractivity (Wildman–Crippen MR) is 106 cm³/mol. The van der Waals surface area contributed by atoms with E-state index in [1.165, 1.54) is 24.8 Å². The van der Waals surface area contributed by atoms with Crippen molar-refractivity contribution in [2.24, 2.45) is 0 Å². The predicted octanol–water partition coefficient (Wildman–Crippen LogP) is 4.62. The lowest BCUT2D eigenvalue weighted by molar-refractivity contribution is 0.102. The molecule has 1 atom stereocenters. The molecule has 1 aliphatic heterocycles. The number of carbonyl (C=O) groups is 1. The average molecular weight is 352 g/mol. The van der Waals surface area contributed by atoms with E-state index in [0.29, 0.717) is 17.7 Å². The Balaban J connectivity index is 1.66. The third kappa shape index (κ3) is 4.21. The number of nitrogens with one attached hydrogen (secondary N) is 1. The minimum absolute atomic E-state index is 0.230. The quantitative estimate of drug-likeness (QED) is 0.853. The van der Waals surface area contributed by atoms with E-state index in [4.69, 9.17) is 0 Å². The van der Waals surface area contributed by atoms with Gasteiger partial charge in [0.15, 0.2) is 0 Å². The summed E-state index contributed by atoms with van der Waals surface area (Å²) in [5, 5.41) is 2.89. The van der Waals surface area contributed by atoms with Gasteiger partial charge in [-0.1, -0.05) is 32.9 Å². The smallest absolute Gasteiger partial charge is 0.275 e. The van der Waals surface area contributed by atoms with Crippen LogP contribution in [0.3, 0.4) is 0 Å². The van der Waals surface area contributed by atoms with Gasteiger partial charge in [-0.3, -0.25) is 4.79 Å². The molecule has 1 aliphatic rings. The minimum atomic E-state index is -0.230. The number of nitrogens with zero attached hydrogens (tertiary/aromatic N) is 3. The lowest BCUT2D eigenvalue weighted by Crippen LogP contribution is -2.39. The number of piperidine rings is 1. The molecule has 5 nitrogen and oxygen atoms in total. The molecule has 26 heavy (non-hydrogen) atoms. The Kier molecular flexibility index (Phi) is 5.86. The molecule has 1 aromatic carbocycles. The molecule has 0 radical (unpaired) electrons. The molecule has 1 unspecified atom stereocenters. The minimum Gasteiger partial charge on any atom is -0.352 e. The van der Waals surface area contributed by atoms with Gasteiger partial charge in [0.05, 0.1) is 12.4 Å². The Bertz CT molecular complexity index is 725. The van der Waals surface area contributed by atoms with Gasteiger partial charge in [0.2, 0.25) is 0 Å². The molecule has 1 saturated heterocycles. The van der Waals surface area contributed by atoms with E-state index in [-0.39, 0.29) is 5.91 Å². The fraction of sp³-hybridized carbons (Fsp3) is 0.476. The number of anilines is 2. The summed E-state index contributed by atoms with van der Waals surface area (Å²) >= 11 is 0. The van der Waals surface area contributed by atoms with Crippen molar-refractivity contribution in [3.05, 3.63) is 47.9 Å². The Morgan fingerprint density at radius 3 is 2.58 bits per heavy atom. The van der Waals surface area contributed by atoms with Crippen LogP contribution >= 0.6 is 0 Å². The Hall–Kier alpha value is -2.43. The van der Waals surface area contributed by atoms with Crippen molar-refractivity contribution in [1.29, 1.82) is 0 Å². The van der Waals surface area contributed by atoms with Crippen LogP contribution in [0.4, 0.5) is 11.5 Å². The Morgan fingerprint density at radius 2 is 1.96 bits per heavy atom. The molecular formula is C21H28N4O. The van der Waals surface area contributed by atoms with Crippen molar-refractivity contribution in [3.63, 3.8) is 0 Å². The van der Waals surface area contributed by atoms with Crippen LogP contribution in [0, 0.1) is 0 Å². The summed E-state index contributed by atoms with van der Waals surface area (Å²) in [6, 6.07) is 8.45. The van der Waals surface area contributed by atoms with Gasteiger partial charge in [0.25, 0.3) is 5.91 Å². The summed E-state index contributed by atoms with van der Waals surface area (Å²) in [6.07, 6.45) is 8.08. The number of carbonyl (C=O) groups excluding carboxylic acids is 1. The third-order valence-electron chi connectivity index (χ3n) is 5.10. The zero-order valence-electron chi connectivity index (χ0n) is 15.9. The summed E-state index contributed by atoms with van der Waals surface area (Å²) in [7, 11) is 0. The number of amides is 1. The second-order valence-electron chi connectivity index (χ2n) is 7.24. The first-order valence-corrected chi connectivity index (χ1v) is 9.58. The van der Waals surface area contributed by atoms with Gasteiger partial charge < -0.3 is 10.2 Å². The molecule has 1 fully saturated rings. The van der Waals surface area contributed by atoms with Gasteiger partial charge in [0, 0.05) is 18.3 Å². The number of hydrogen-bond donors (Lipinski definition) is 1. The SMILES string of the molecule is CCC1CCCCN1c1cnc(C(=O)Nc2ccc(C(C)C)cc2)cn1. The second-order valence-corrected chi connectivity index (χ2v) is 7.24. The van der Waals surface area contributed by atoms with Crippen LogP contribution in [-0.4, -0.2) is 28.5 Å². The molecule has 2 heterocycles. The normalized spacial score (nSPS) is 17.4. The van der Waals surface area contributed by atoms with Gasteiger partial charge in [-0.25, -0.2) is 9.97 Å². The molecule has 0 saturated carbocycles. The molecule has 2 aromatic rings. The molecule has 0 spiro atoms. The maximum atomic E-state index is 12.4. The van der Waals surface area contributed by atoms with Crippen LogP contribution in [-0.2, 0) is 0 Å². The molecule has 0 bridgehead atoms. The van der Waals surface area contributed by atoms with Crippen molar-refractivity contribution in [2.45, 2.75) is 58.4 Å². The monoisotopic (exact) mass is 352 g/mol. The van der Waals surface area contributed by atoms with E-state index in [1.54, 1.807) is 12.4 Å². The van der Waals surface area contributed by atoms with Crippen LogP contribution in [0.15, 0.2) is 36.7 Å². The summed E-state index contributed by atoms with van der Waals surface area (Å²) in [5.41, 5.74) is 2.36. The Morgan fingerprint density at radius 1 is 1.19 bits per heavy atom. The molecule has 1 amide bonds. The topological polar surface area (TPSA) is 58.1 Å². The highest BCUT2D eigenvalue weighted by molar-refractivity contribution is 6.02. The van der Waals surface area contributed by atoms with Crippen LogP contribution in [0.5, 0.6) is 0 Å². The number of rotatable bonds is 5. The van der Waals surface area contributed by atoms with Crippen LogP contribution < -0.4 is 10.2 Å². The number of benzene rings is 1. The second kappa shape index (κ2) is 8.30. The van der Waals surface area contributed by atoms with E-state index in [9.17, 15) is 4.79 Å². The highest BCUT2D eigenvalue weighted by Gasteiger charge is 2.22. The van der Waals surface area contributed by atoms with E-state index in [1.807, 2.05) is 24.3 Å². The van der Waals surface area contributed by atoms with Crippen LogP contribution in [0.1, 0.15) is 68.4 Å². The fourth-order valence-corrected chi connectivity index (χ4v) is 3.46. The largest absolute Gasteiger partial charge is 0.352 e.